The minimum atomic E-state index is -3.67. The third kappa shape index (κ3) is 4.91. The first kappa shape index (κ1) is 19.0. The van der Waals surface area contributed by atoms with Gasteiger partial charge in [0, 0.05) is 19.3 Å². The van der Waals surface area contributed by atoms with Crippen molar-refractivity contribution in [2.75, 3.05) is 13.2 Å². The minimum absolute atomic E-state index is 0.165. The molecule has 1 fully saturated rings. The predicted octanol–water partition coefficient (Wildman–Crippen LogP) is 1.95. The van der Waals surface area contributed by atoms with Gasteiger partial charge in [-0.25, -0.2) is 13.1 Å². The summed E-state index contributed by atoms with van der Waals surface area (Å²) in [5.74, 6) is 0. The Labute approximate surface area is 154 Å². The van der Waals surface area contributed by atoms with Crippen molar-refractivity contribution in [3.8, 4) is 0 Å². The second-order valence-corrected chi connectivity index (χ2v) is 8.08. The van der Waals surface area contributed by atoms with E-state index in [0.717, 1.165) is 12.0 Å². The van der Waals surface area contributed by atoms with E-state index < -0.39 is 16.1 Å². The van der Waals surface area contributed by atoms with Crippen LogP contribution in [0.5, 0.6) is 0 Å². The van der Waals surface area contributed by atoms with E-state index in [-0.39, 0.29) is 11.0 Å². The summed E-state index contributed by atoms with van der Waals surface area (Å²) in [6.07, 6.45) is 4.23. The number of benzene rings is 1. The Morgan fingerprint density at radius 3 is 2.92 bits per heavy atom. The number of hydrogen-bond acceptors (Lipinski definition) is 5. The molecule has 0 aliphatic carbocycles. The quantitative estimate of drug-likeness (QED) is 0.758. The number of sulfonamides is 1. The summed E-state index contributed by atoms with van der Waals surface area (Å²) in [5.41, 5.74) is 1.06. The lowest BCUT2D eigenvalue weighted by molar-refractivity contribution is -0.0572. The van der Waals surface area contributed by atoms with E-state index in [4.69, 9.17) is 9.47 Å². The van der Waals surface area contributed by atoms with E-state index in [0.29, 0.717) is 32.8 Å². The molecule has 2 atom stereocenters. The monoisotopic (exact) mass is 379 g/mol. The molecule has 0 amide bonds. The molecule has 3 rings (SSSR count). The van der Waals surface area contributed by atoms with E-state index in [1.807, 2.05) is 37.3 Å². The summed E-state index contributed by atoms with van der Waals surface area (Å²) in [6.45, 7) is 4.00. The SMILES string of the molecule is CCCn1cc(S(=O)(=O)N[C@@H]2COCC[C@@H]2OCc2ccccc2)cn1. The molecule has 0 bridgehead atoms. The van der Waals surface area contributed by atoms with E-state index in [1.54, 1.807) is 10.9 Å². The molecule has 1 N–H and O–H groups in total. The van der Waals surface area contributed by atoms with Gasteiger partial charge in [0.2, 0.25) is 10.0 Å². The molecule has 1 aromatic heterocycles. The number of ether oxygens (including phenoxy) is 2. The van der Waals surface area contributed by atoms with Gasteiger partial charge in [0.25, 0.3) is 0 Å². The fourth-order valence-electron chi connectivity index (χ4n) is 2.91. The molecule has 142 valence electrons. The second kappa shape index (κ2) is 8.77. The van der Waals surface area contributed by atoms with Gasteiger partial charge in [0.1, 0.15) is 4.90 Å². The number of rotatable bonds is 8. The number of aryl methyl sites for hydroxylation is 1. The highest BCUT2D eigenvalue weighted by Gasteiger charge is 2.31. The largest absolute Gasteiger partial charge is 0.380 e. The van der Waals surface area contributed by atoms with Crippen LogP contribution in [0.3, 0.4) is 0 Å². The molecule has 8 heteroatoms. The van der Waals surface area contributed by atoms with Crippen molar-refractivity contribution in [1.29, 1.82) is 0 Å². The van der Waals surface area contributed by atoms with Gasteiger partial charge in [0.15, 0.2) is 0 Å². The van der Waals surface area contributed by atoms with Crippen LogP contribution in [0.1, 0.15) is 25.3 Å². The fourth-order valence-corrected chi connectivity index (χ4v) is 4.11. The molecule has 2 aromatic rings. The van der Waals surface area contributed by atoms with Crippen molar-refractivity contribution in [2.45, 2.75) is 50.0 Å². The predicted molar refractivity (Wildman–Crippen MR) is 97.1 cm³/mol. The smallest absolute Gasteiger partial charge is 0.244 e. The zero-order valence-electron chi connectivity index (χ0n) is 14.9. The summed E-state index contributed by atoms with van der Waals surface area (Å²) in [6, 6.07) is 9.41. The molecule has 0 unspecified atom stereocenters. The third-order valence-corrected chi connectivity index (χ3v) is 5.72. The van der Waals surface area contributed by atoms with Gasteiger partial charge in [-0.2, -0.15) is 5.10 Å². The van der Waals surface area contributed by atoms with Crippen LogP contribution in [-0.4, -0.2) is 43.6 Å². The van der Waals surface area contributed by atoms with Crippen molar-refractivity contribution in [1.82, 2.24) is 14.5 Å². The number of aromatic nitrogens is 2. The normalized spacial score (nSPS) is 21.0. The Kier molecular flexibility index (Phi) is 6.42. The van der Waals surface area contributed by atoms with Crippen LogP contribution >= 0.6 is 0 Å². The molecule has 2 heterocycles. The van der Waals surface area contributed by atoms with Crippen LogP contribution in [-0.2, 0) is 32.6 Å². The molecular formula is C18H25N3O4S. The first-order valence-electron chi connectivity index (χ1n) is 8.86. The van der Waals surface area contributed by atoms with Crippen molar-refractivity contribution in [3.63, 3.8) is 0 Å². The molecule has 1 aliphatic heterocycles. The molecule has 0 radical (unpaired) electrons. The van der Waals surface area contributed by atoms with Crippen molar-refractivity contribution in [3.05, 3.63) is 48.3 Å². The van der Waals surface area contributed by atoms with E-state index in [9.17, 15) is 8.42 Å². The van der Waals surface area contributed by atoms with Crippen molar-refractivity contribution in [2.24, 2.45) is 0 Å². The van der Waals surface area contributed by atoms with Gasteiger partial charge in [-0.15, -0.1) is 0 Å². The van der Waals surface area contributed by atoms with E-state index in [2.05, 4.69) is 9.82 Å². The molecule has 7 nitrogen and oxygen atoms in total. The summed E-state index contributed by atoms with van der Waals surface area (Å²) in [7, 11) is -3.67. The molecule has 1 saturated heterocycles. The summed E-state index contributed by atoms with van der Waals surface area (Å²) < 4.78 is 41.1. The van der Waals surface area contributed by atoms with Crippen molar-refractivity contribution < 1.29 is 17.9 Å². The first-order valence-corrected chi connectivity index (χ1v) is 10.3. The lowest BCUT2D eigenvalue weighted by Gasteiger charge is -2.31. The average molecular weight is 379 g/mol. The molecule has 1 aromatic carbocycles. The maximum atomic E-state index is 12.7. The summed E-state index contributed by atoms with van der Waals surface area (Å²) >= 11 is 0. The molecule has 1 aliphatic rings. The van der Waals surface area contributed by atoms with Crippen LogP contribution in [0.4, 0.5) is 0 Å². The van der Waals surface area contributed by atoms with Crippen LogP contribution in [0, 0.1) is 0 Å². The van der Waals surface area contributed by atoms with E-state index >= 15 is 0 Å². The summed E-state index contributed by atoms with van der Waals surface area (Å²) in [4.78, 5) is 0.165. The highest BCUT2D eigenvalue weighted by Crippen LogP contribution is 2.17. The Hall–Kier alpha value is -1.74. The van der Waals surface area contributed by atoms with Gasteiger partial charge in [-0.3, -0.25) is 4.68 Å². The average Bonchev–Trinajstić information content (AvgIpc) is 3.12. The first-order chi connectivity index (χ1) is 12.6. The fraction of sp³-hybridized carbons (Fsp3) is 0.500. The van der Waals surface area contributed by atoms with Gasteiger partial charge >= 0.3 is 0 Å². The van der Waals surface area contributed by atoms with Crippen LogP contribution in [0.2, 0.25) is 0 Å². The lowest BCUT2D eigenvalue weighted by Crippen LogP contribution is -2.50. The zero-order chi connectivity index (χ0) is 18.4. The van der Waals surface area contributed by atoms with Gasteiger partial charge < -0.3 is 9.47 Å². The summed E-state index contributed by atoms with van der Waals surface area (Å²) in [5, 5.41) is 4.10. The minimum Gasteiger partial charge on any atom is -0.380 e. The molecule has 0 spiro atoms. The Morgan fingerprint density at radius 2 is 2.15 bits per heavy atom. The molecular weight excluding hydrogens is 354 g/mol. The number of nitrogens with one attached hydrogen (secondary N) is 1. The van der Waals surface area contributed by atoms with Crippen molar-refractivity contribution >= 4 is 10.0 Å². The van der Waals surface area contributed by atoms with Crippen LogP contribution in [0.25, 0.3) is 0 Å². The highest BCUT2D eigenvalue weighted by atomic mass is 32.2. The standard InChI is InChI=1S/C18H25N3O4S/c1-2-9-21-12-16(11-19-21)26(22,23)20-17-14-24-10-8-18(17)25-13-15-6-4-3-5-7-15/h3-7,11-12,17-18,20H,2,8-10,13-14H2,1H3/t17-,18+/m1/s1. The Morgan fingerprint density at radius 1 is 1.35 bits per heavy atom. The highest BCUT2D eigenvalue weighted by molar-refractivity contribution is 7.89. The molecule has 0 saturated carbocycles. The van der Waals surface area contributed by atoms with Gasteiger partial charge in [0.05, 0.1) is 31.6 Å². The zero-order valence-corrected chi connectivity index (χ0v) is 15.7. The molecule has 26 heavy (non-hydrogen) atoms. The maximum absolute atomic E-state index is 12.7. The number of nitrogens with zero attached hydrogens (tertiary/aromatic N) is 2. The Bertz CT molecular complexity index is 792. The van der Waals surface area contributed by atoms with Gasteiger partial charge in [-0.1, -0.05) is 37.3 Å². The third-order valence-electron chi connectivity index (χ3n) is 4.28. The topological polar surface area (TPSA) is 82.5 Å². The maximum Gasteiger partial charge on any atom is 0.244 e. The second-order valence-electron chi connectivity index (χ2n) is 6.37. The van der Waals surface area contributed by atoms with Crippen LogP contribution < -0.4 is 4.72 Å². The number of hydrogen-bond donors (Lipinski definition) is 1. The van der Waals surface area contributed by atoms with Gasteiger partial charge in [-0.05, 0) is 18.4 Å². The van der Waals surface area contributed by atoms with Crippen LogP contribution in [0.15, 0.2) is 47.6 Å². The Balaban J connectivity index is 1.64. The lowest BCUT2D eigenvalue weighted by atomic mass is 10.1. The van der Waals surface area contributed by atoms with E-state index in [1.165, 1.54) is 6.20 Å².